The summed E-state index contributed by atoms with van der Waals surface area (Å²) in [5, 5.41) is 10.6. The lowest BCUT2D eigenvalue weighted by Crippen LogP contribution is -2.61. The molecule has 40 heavy (non-hydrogen) atoms. The Balaban J connectivity index is 1.33. The number of hydrogen-bond donors (Lipinski definition) is 0. The van der Waals surface area contributed by atoms with Crippen molar-refractivity contribution in [3.8, 4) is 16.8 Å². The maximum absolute atomic E-state index is 13.5. The van der Waals surface area contributed by atoms with Crippen molar-refractivity contribution in [3.63, 3.8) is 0 Å². The number of thiophene rings is 1. The van der Waals surface area contributed by atoms with Gasteiger partial charge in [-0.1, -0.05) is 36.2 Å². The molecule has 1 spiro atoms. The van der Waals surface area contributed by atoms with Crippen LogP contribution in [-0.4, -0.2) is 49.4 Å². The van der Waals surface area contributed by atoms with E-state index >= 15 is 0 Å². The minimum atomic E-state index is -0.459. The molecule has 1 aromatic carbocycles. The summed E-state index contributed by atoms with van der Waals surface area (Å²) in [6, 6.07) is 13.0. The molecule has 5 heterocycles. The molecule has 2 fully saturated rings. The van der Waals surface area contributed by atoms with Gasteiger partial charge in [-0.3, -0.25) is 14.4 Å². The van der Waals surface area contributed by atoms with E-state index in [1.54, 1.807) is 17.5 Å². The number of amides is 1. The Bertz CT molecular complexity index is 1710. The summed E-state index contributed by atoms with van der Waals surface area (Å²) in [5.74, 6) is 8.09. The van der Waals surface area contributed by atoms with Crippen molar-refractivity contribution in [1.82, 2.24) is 24.6 Å². The van der Waals surface area contributed by atoms with Crippen molar-refractivity contribution < 1.29 is 4.79 Å². The van der Waals surface area contributed by atoms with Crippen LogP contribution in [0.15, 0.2) is 53.7 Å². The van der Waals surface area contributed by atoms with Gasteiger partial charge in [0.15, 0.2) is 5.82 Å². The minimum Gasteiger partial charge on any atom is -0.341 e. The van der Waals surface area contributed by atoms with Crippen LogP contribution in [0.3, 0.4) is 0 Å². The molecule has 2 aliphatic heterocycles. The Labute approximate surface area is 242 Å². The van der Waals surface area contributed by atoms with Crippen LogP contribution in [-0.2, 0) is 4.79 Å². The van der Waals surface area contributed by atoms with E-state index in [0.717, 1.165) is 51.2 Å². The van der Waals surface area contributed by atoms with Crippen LogP contribution in [0.2, 0.25) is 5.02 Å². The number of aromatic nitrogens is 4. The fourth-order valence-electron chi connectivity index (χ4n) is 5.93. The number of likely N-dealkylation sites (tertiary alicyclic amines) is 1. The van der Waals surface area contributed by atoms with E-state index in [4.69, 9.17) is 16.6 Å². The summed E-state index contributed by atoms with van der Waals surface area (Å²) >= 11 is 7.84. The quantitative estimate of drug-likeness (QED) is 0.299. The molecule has 0 radical (unpaired) electrons. The van der Waals surface area contributed by atoms with Gasteiger partial charge >= 0.3 is 0 Å². The molecule has 200 valence electrons. The van der Waals surface area contributed by atoms with Crippen molar-refractivity contribution in [1.29, 1.82) is 0 Å². The zero-order chi connectivity index (χ0) is 27.4. The third kappa shape index (κ3) is 4.25. The molecular weight excluding hydrogens is 540 g/mol. The maximum Gasteiger partial charge on any atom is 0.225 e. The van der Waals surface area contributed by atoms with Crippen molar-refractivity contribution in [3.05, 3.63) is 92.6 Å². The standard InChI is InChI=1S/C31H27ClN6OS/c1-19-25(12-11-23-6-3-4-15-33-23)40-30-27(19)28(21-7-9-22(32)10-8-21)34-24(29-36-35-20(2)38(29)30)16-26(39)37-17-31(18-37)13-5-14-31/h3-4,6-10,15,24H,5,13-14,16-18H2,1-2H3/t24-/m0/s1. The summed E-state index contributed by atoms with van der Waals surface area (Å²) in [6.07, 6.45) is 5.74. The average Bonchev–Trinajstić information content (AvgIpc) is 3.39. The van der Waals surface area contributed by atoms with Crippen LogP contribution >= 0.6 is 22.9 Å². The topological polar surface area (TPSA) is 76.3 Å². The third-order valence-electron chi connectivity index (χ3n) is 8.28. The molecule has 1 amide bonds. The van der Waals surface area contributed by atoms with Gasteiger partial charge in [0.1, 0.15) is 22.6 Å². The Morgan fingerprint density at radius 3 is 2.60 bits per heavy atom. The number of aryl methyl sites for hydroxylation is 1. The Morgan fingerprint density at radius 1 is 1.10 bits per heavy atom. The number of carbonyl (C=O) groups is 1. The van der Waals surface area contributed by atoms with Crippen LogP contribution in [0.1, 0.15) is 70.6 Å². The van der Waals surface area contributed by atoms with Gasteiger partial charge in [-0.25, -0.2) is 4.98 Å². The number of benzene rings is 1. The molecular formula is C31H27ClN6OS. The number of rotatable bonds is 3. The highest BCUT2D eigenvalue weighted by molar-refractivity contribution is 7.15. The Morgan fingerprint density at radius 2 is 1.90 bits per heavy atom. The first-order chi connectivity index (χ1) is 19.4. The number of carbonyl (C=O) groups excluding carboxylic acids is 1. The highest BCUT2D eigenvalue weighted by Gasteiger charge is 2.49. The molecule has 1 aliphatic carbocycles. The molecule has 3 aromatic heterocycles. The van der Waals surface area contributed by atoms with E-state index in [0.29, 0.717) is 22.0 Å². The van der Waals surface area contributed by atoms with Gasteiger partial charge in [0.2, 0.25) is 5.91 Å². The molecule has 1 saturated heterocycles. The Kier molecular flexibility index (Phi) is 6.10. The van der Waals surface area contributed by atoms with Crippen molar-refractivity contribution >= 4 is 34.6 Å². The fraction of sp³-hybridized carbons (Fsp3) is 0.323. The molecule has 0 bridgehead atoms. The first-order valence-electron chi connectivity index (χ1n) is 13.5. The second-order valence-electron chi connectivity index (χ2n) is 11.0. The van der Waals surface area contributed by atoms with Gasteiger partial charge in [-0.2, -0.15) is 0 Å². The number of aliphatic imine (C=N–C) groups is 1. The minimum absolute atomic E-state index is 0.123. The Hall–Kier alpha value is -3.80. The first kappa shape index (κ1) is 25.2. The first-order valence-corrected chi connectivity index (χ1v) is 14.7. The predicted molar refractivity (Wildman–Crippen MR) is 156 cm³/mol. The van der Waals surface area contributed by atoms with Crippen molar-refractivity contribution in [2.24, 2.45) is 10.4 Å². The molecule has 3 aliphatic rings. The number of pyridine rings is 1. The van der Waals surface area contributed by atoms with Gasteiger partial charge in [0.05, 0.1) is 17.0 Å². The van der Waals surface area contributed by atoms with Gasteiger partial charge in [-0.15, -0.1) is 21.5 Å². The zero-order valence-electron chi connectivity index (χ0n) is 22.3. The van der Waals surface area contributed by atoms with E-state index in [1.165, 1.54) is 19.3 Å². The molecule has 1 atom stereocenters. The largest absolute Gasteiger partial charge is 0.341 e. The van der Waals surface area contributed by atoms with E-state index in [2.05, 4.69) is 38.5 Å². The normalized spacial score (nSPS) is 18.4. The summed E-state index contributed by atoms with van der Waals surface area (Å²) < 4.78 is 2.06. The molecule has 7 nitrogen and oxygen atoms in total. The molecule has 1 saturated carbocycles. The number of halogens is 1. The van der Waals surface area contributed by atoms with Crippen LogP contribution in [0, 0.1) is 31.1 Å². The predicted octanol–water partition coefficient (Wildman–Crippen LogP) is 5.69. The van der Waals surface area contributed by atoms with E-state index in [1.807, 2.05) is 54.3 Å². The second-order valence-corrected chi connectivity index (χ2v) is 12.4. The lowest BCUT2D eigenvalue weighted by molar-refractivity contribution is -0.150. The smallest absolute Gasteiger partial charge is 0.225 e. The SMILES string of the molecule is Cc1c(C#Cc2ccccn2)sc2c1C(c1ccc(Cl)cc1)=N[C@@H](CC(=O)N1CC3(CCC3)C1)c1nnc(C)n1-2. The third-order valence-corrected chi connectivity index (χ3v) is 9.72. The van der Waals surface area contributed by atoms with Gasteiger partial charge in [-0.05, 0) is 68.4 Å². The maximum atomic E-state index is 13.5. The lowest BCUT2D eigenvalue weighted by atomic mass is 9.63. The molecule has 0 N–H and O–H groups in total. The van der Waals surface area contributed by atoms with Crippen molar-refractivity contribution in [2.45, 2.75) is 45.6 Å². The van der Waals surface area contributed by atoms with Crippen LogP contribution in [0.5, 0.6) is 0 Å². The van der Waals surface area contributed by atoms with E-state index < -0.39 is 6.04 Å². The van der Waals surface area contributed by atoms with E-state index in [-0.39, 0.29) is 12.3 Å². The highest BCUT2D eigenvalue weighted by atomic mass is 35.5. The fourth-order valence-corrected chi connectivity index (χ4v) is 7.27. The van der Waals surface area contributed by atoms with Crippen LogP contribution < -0.4 is 0 Å². The lowest BCUT2D eigenvalue weighted by Gasteiger charge is -2.56. The molecule has 9 heteroatoms. The number of nitrogens with zero attached hydrogens (tertiary/aromatic N) is 6. The second kappa shape index (κ2) is 9.69. The number of fused-ring (bicyclic) bond motifs is 3. The zero-order valence-corrected chi connectivity index (χ0v) is 23.9. The van der Waals surface area contributed by atoms with Gasteiger partial charge in [0, 0.05) is 40.9 Å². The molecule has 7 rings (SSSR count). The molecule has 0 unspecified atom stereocenters. The summed E-state index contributed by atoms with van der Waals surface area (Å²) in [5.41, 5.74) is 4.84. The average molecular weight is 567 g/mol. The summed E-state index contributed by atoms with van der Waals surface area (Å²) in [6.45, 7) is 5.74. The monoisotopic (exact) mass is 566 g/mol. The summed E-state index contributed by atoms with van der Waals surface area (Å²) in [4.78, 5) is 26.0. The highest BCUT2D eigenvalue weighted by Crippen LogP contribution is 2.48. The van der Waals surface area contributed by atoms with Crippen LogP contribution in [0.4, 0.5) is 0 Å². The van der Waals surface area contributed by atoms with Gasteiger partial charge < -0.3 is 4.90 Å². The van der Waals surface area contributed by atoms with E-state index in [9.17, 15) is 4.79 Å². The van der Waals surface area contributed by atoms with Crippen molar-refractivity contribution in [2.75, 3.05) is 13.1 Å². The van der Waals surface area contributed by atoms with Crippen LogP contribution in [0.25, 0.3) is 5.00 Å². The summed E-state index contributed by atoms with van der Waals surface area (Å²) in [7, 11) is 0. The number of hydrogen-bond acceptors (Lipinski definition) is 6. The van der Waals surface area contributed by atoms with Gasteiger partial charge in [0.25, 0.3) is 0 Å². The molecule has 4 aromatic rings.